The van der Waals surface area contributed by atoms with Crippen molar-refractivity contribution in [1.82, 2.24) is 10.2 Å². The van der Waals surface area contributed by atoms with Crippen LogP contribution in [-0.4, -0.2) is 43.6 Å². The van der Waals surface area contributed by atoms with Gasteiger partial charge in [0.25, 0.3) is 0 Å². The summed E-state index contributed by atoms with van der Waals surface area (Å²) < 4.78 is 7.36. The first-order chi connectivity index (χ1) is 11.3. The highest BCUT2D eigenvalue weighted by Gasteiger charge is 2.24. The van der Waals surface area contributed by atoms with E-state index in [9.17, 15) is 0 Å². The number of hydrogen-bond acceptors (Lipinski definition) is 2. The summed E-state index contributed by atoms with van der Waals surface area (Å²) in [6.45, 7) is 3.07. The second-order valence-corrected chi connectivity index (χ2v) is 7.60. The van der Waals surface area contributed by atoms with Gasteiger partial charge in [0, 0.05) is 39.5 Å². The van der Waals surface area contributed by atoms with E-state index in [4.69, 9.17) is 4.74 Å². The molecule has 4 nitrogen and oxygen atoms in total. The van der Waals surface area contributed by atoms with Gasteiger partial charge >= 0.3 is 0 Å². The van der Waals surface area contributed by atoms with Gasteiger partial charge in [-0.15, -0.1) is 24.0 Å². The molecule has 1 heterocycles. The van der Waals surface area contributed by atoms with Gasteiger partial charge in [0.05, 0.1) is 3.57 Å². The number of guanidine groups is 1. The fraction of sp³-hybridized carbons (Fsp3) is 0.611. The molecule has 0 radical (unpaired) electrons. The third-order valence-electron chi connectivity index (χ3n) is 4.62. The second kappa shape index (κ2) is 10.0. The minimum Gasteiger partial charge on any atom is -0.489 e. The topological polar surface area (TPSA) is 36.9 Å². The van der Waals surface area contributed by atoms with Crippen molar-refractivity contribution in [2.75, 3.05) is 26.7 Å². The molecule has 1 aliphatic carbocycles. The highest BCUT2D eigenvalue weighted by Crippen LogP contribution is 2.31. The summed E-state index contributed by atoms with van der Waals surface area (Å²) in [6.07, 6.45) is 6.53. The molecule has 0 unspecified atom stereocenters. The SMILES string of the molecule is CN=C(NCCC1CC1)N1CCC(Oc2ccccc2I)CC1.I. The van der Waals surface area contributed by atoms with Crippen molar-refractivity contribution in [3.05, 3.63) is 27.8 Å². The van der Waals surface area contributed by atoms with E-state index < -0.39 is 0 Å². The van der Waals surface area contributed by atoms with Gasteiger partial charge in [-0.05, 0) is 47.1 Å². The largest absolute Gasteiger partial charge is 0.489 e. The number of halogens is 2. The third-order valence-corrected chi connectivity index (χ3v) is 5.51. The Morgan fingerprint density at radius 3 is 2.58 bits per heavy atom. The molecule has 0 atom stereocenters. The second-order valence-electron chi connectivity index (χ2n) is 6.44. The van der Waals surface area contributed by atoms with Gasteiger partial charge in [0.15, 0.2) is 5.96 Å². The lowest BCUT2D eigenvalue weighted by atomic mass is 10.1. The number of para-hydroxylation sites is 1. The van der Waals surface area contributed by atoms with Gasteiger partial charge in [-0.2, -0.15) is 0 Å². The minimum absolute atomic E-state index is 0. The van der Waals surface area contributed by atoms with E-state index in [-0.39, 0.29) is 24.0 Å². The molecule has 0 aromatic heterocycles. The molecule has 1 aromatic rings. The molecule has 24 heavy (non-hydrogen) atoms. The normalized spacial score (nSPS) is 18.9. The van der Waals surface area contributed by atoms with Crippen LogP contribution < -0.4 is 10.1 Å². The number of nitrogens with zero attached hydrogens (tertiary/aromatic N) is 2. The molecule has 1 saturated carbocycles. The number of benzene rings is 1. The van der Waals surface area contributed by atoms with Crippen molar-refractivity contribution in [1.29, 1.82) is 0 Å². The molecule has 134 valence electrons. The van der Waals surface area contributed by atoms with E-state index in [0.717, 1.165) is 50.1 Å². The van der Waals surface area contributed by atoms with E-state index in [2.05, 4.69) is 56.0 Å². The van der Waals surface area contributed by atoms with Crippen LogP contribution in [0.4, 0.5) is 0 Å². The Hall–Kier alpha value is -0.250. The highest BCUT2D eigenvalue weighted by molar-refractivity contribution is 14.1. The molecule has 0 bridgehead atoms. The zero-order valence-corrected chi connectivity index (χ0v) is 18.7. The van der Waals surface area contributed by atoms with E-state index in [1.54, 1.807) is 0 Å². The first-order valence-electron chi connectivity index (χ1n) is 8.63. The van der Waals surface area contributed by atoms with Gasteiger partial charge in [0.1, 0.15) is 11.9 Å². The number of piperidine rings is 1. The van der Waals surface area contributed by atoms with Crippen LogP contribution in [-0.2, 0) is 0 Å². The zero-order chi connectivity index (χ0) is 16.1. The number of likely N-dealkylation sites (tertiary alicyclic amines) is 1. The minimum atomic E-state index is 0. The number of rotatable bonds is 5. The fourth-order valence-electron chi connectivity index (χ4n) is 3.03. The molecule has 2 fully saturated rings. The van der Waals surface area contributed by atoms with Crippen LogP contribution in [0.3, 0.4) is 0 Å². The lowest BCUT2D eigenvalue weighted by Gasteiger charge is -2.34. The maximum atomic E-state index is 6.17. The fourth-order valence-corrected chi connectivity index (χ4v) is 3.55. The van der Waals surface area contributed by atoms with Gasteiger partial charge in [0.2, 0.25) is 0 Å². The number of nitrogens with one attached hydrogen (secondary N) is 1. The number of ether oxygens (including phenoxy) is 1. The smallest absolute Gasteiger partial charge is 0.193 e. The van der Waals surface area contributed by atoms with Gasteiger partial charge in [-0.1, -0.05) is 25.0 Å². The maximum Gasteiger partial charge on any atom is 0.193 e. The van der Waals surface area contributed by atoms with Crippen LogP contribution in [0.2, 0.25) is 0 Å². The summed E-state index contributed by atoms with van der Waals surface area (Å²) >= 11 is 2.34. The molecular weight excluding hydrogens is 528 g/mol. The lowest BCUT2D eigenvalue weighted by Crippen LogP contribution is -2.47. The molecule has 1 saturated heterocycles. The first-order valence-corrected chi connectivity index (χ1v) is 9.71. The van der Waals surface area contributed by atoms with Crippen LogP contribution in [0, 0.1) is 9.49 Å². The lowest BCUT2D eigenvalue weighted by molar-refractivity contribution is 0.128. The van der Waals surface area contributed by atoms with Gasteiger partial charge in [-0.25, -0.2) is 0 Å². The third kappa shape index (κ3) is 5.93. The summed E-state index contributed by atoms with van der Waals surface area (Å²) in [7, 11) is 1.88. The Bertz CT molecular complexity index is 541. The first kappa shape index (κ1) is 20.1. The van der Waals surface area contributed by atoms with Crippen LogP contribution in [0.5, 0.6) is 5.75 Å². The Kier molecular flexibility index (Phi) is 8.39. The van der Waals surface area contributed by atoms with E-state index in [1.807, 2.05) is 13.1 Å². The molecule has 1 aliphatic heterocycles. The molecule has 1 N–H and O–H groups in total. The predicted molar refractivity (Wildman–Crippen MR) is 118 cm³/mol. The van der Waals surface area contributed by atoms with Crippen molar-refractivity contribution in [3.63, 3.8) is 0 Å². The molecule has 1 aromatic carbocycles. The van der Waals surface area contributed by atoms with Crippen LogP contribution in [0.1, 0.15) is 32.1 Å². The molecule has 3 rings (SSSR count). The Morgan fingerprint density at radius 2 is 1.96 bits per heavy atom. The zero-order valence-electron chi connectivity index (χ0n) is 14.2. The molecule has 0 spiro atoms. The number of aliphatic imine (C=N–C) groups is 1. The van der Waals surface area contributed by atoms with E-state index in [0.29, 0.717) is 6.10 Å². The van der Waals surface area contributed by atoms with Crippen LogP contribution in [0.15, 0.2) is 29.3 Å². The van der Waals surface area contributed by atoms with Gasteiger partial charge in [-0.3, -0.25) is 4.99 Å². The summed E-state index contributed by atoms with van der Waals surface area (Å²) in [5.74, 6) is 3.03. The highest BCUT2D eigenvalue weighted by atomic mass is 127. The van der Waals surface area contributed by atoms with Crippen LogP contribution >= 0.6 is 46.6 Å². The Morgan fingerprint density at radius 1 is 1.25 bits per heavy atom. The van der Waals surface area contributed by atoms with Crippen molar-refractivity contribution in [3.8, 4) is 5.75 Å². The predicted octanol–water partition coefficient (Wildman–Crippen LogP) is 4.13. The summed E-state index contributed by atoms with van der Waals surface area (Å²) in [5, 5.41) is 3.52. The standard InChI is InChI=1S/C18H26IN3O.HI/c1-20-18(21-11-8-14-6-7-14)22-12-9-15(10-13-22)23-17-5-3-2-4-16(17)19;/h2-5,14-15H,6-13H2,1H3,(H,20,21);1H. The average Bonchev–Trinajstić information content (AvgIpc) is 3.39. The molecular formula is C18H27I2N3O. The van der Waals surface area contributed by atoms with E-state index >= 15 is 0 Å². The van der Waals surface area contributed by atoms with Crippen molar-refractivity contribution in [2.45, 2.75) is 38.2 Å². The van der Waals surface area contributed by atoms with Gasteiger partial charge < -0.3 is 15.0 Å². The Labute approximate surface area is 176 Å². The number of hydrogen-bond donors (Lipinski definition) is 1. The molecule has 0 amide bonds. The quantitative estimate of drug-likeness (QED) is 0.338. The Balaban J connectivity index is 0.00000208. The molecule has 2 aliphatic rings. The average molecular weight is 555 g/mol. The molecule has 6 heteroatoms. The van der Waals surface area contributed by atoms with Crippen molar-refractivity contribution >= 4 is 52.5 Å². The summed E-state index contributed by atoms with van der Waals surface area (Å²) in [5.41, 5.74) is 0. The summed E-state index contributed by atoms with van der Waals surface area (Å²) in [4.78, 5) is 6.81. The maximum absolute atomic E-state index is 6.17. The van der Waals surface area contributed by atoms with E-state index in [1.165, 1.54) is 22.8 Å². The van der Waals surface area contributed by atoms with Crippen LogP contribution in [0.25, 0.3) is 0 Å². The summed E-state index contributed by atoms with van der Waals surface area (Å²) in [6, 6.07) is 8.25. The monoisotopic (exact) mass is 555 g/mol. The van der Waals surface area contributed by atoms with Crippen molar-refractivity contribution in [2.24, 2.45) is 10.9 Å². The van der Waals surface area contributed by atoms with Crippen molar-refractivity contribution < 1.29 is 4.74 Å².